The molecule has 0 amide bonds. The Morgan fingerprint density at radius 1 is 1.19 bits per heavy atom. The van der Waals surface area contributed by atoms with Crippen LogP contribution in [0.2, 0.25) is 0 Å². The van der Waals surface area contributed by atoms with Crippen LogP contribution >= 0.6 is 0 Å². The van der Waals surface area contributed by atoms with Gasteiger partial charge in [0.05, 0.1) is 11.0 Å². The van der Waals surface area contributed by atoms with Crippen molar-refractivity contribution in [3.05, 3.63) is 69.8 Å². The van der Waals surface area contributed by atoms with Crippen LogP contribution in [-0.4, -0.2) is 17.3 Å². The van der Waals surface area contributed by atoms with Crippen molar-refractivity contribution in [2.24, 2.45) is 0 Å². The first kappa shape index (κ1) is 14.7. The summed E-state index contributed by atoms with van der Waals surface area (Å²) in [6.07, 6.45) is 0.287. The van der Waals surface area contributed by atoms with Crippen LogP contribution in [0.1, 0.15) is 11.1 Å². The molecule has 0 bridgehead atoms. The molecule has 0 fully saturated rings. The van der Waals surface area contributed by atoms with E-state index >= 15 is 0 Å². The van der Waals surface area contributed by atoms with Gasteiger partial charge in [0, 0.05) is 12.5 Å². The molecule has 0 unspecified atom stereocenters. The summed E-state index contributed by atoms with van der Waals surface area (Å²) >= 11 is 0. The van der Waals surface area contributed by atoms with E-state index in [4.69, 9.17) is 4.74 Å². The van der Waals surface area contributed by atoms with Crippen LogP contribution in [0.25, 0.3) is 0 Å². The van der Waals surface area contributed by atoms with Crippen molar-refractivity contribution in [1.82, 2.24) is 0 Å². The Morgan fingerprint density at radius 2 is 1.90 bits per heavy atom. The van der Waals surface area contributed by atoms with Crippen molar-refractivity contribution in [2.75, 3.05) is 6.61 Å². The third kappa shape index (κ3) is 4.14. The molecule has 0 radical (unpaired) electrons. The number of hydrogen-bond donors (Lipinski definition) is 0. The number of aryl methyl sites for hydroxylation is 1. The number of Topliss-reactive ketones (excluding diaryl/α,β-unsaturated/α-hetero) is 1. The van der Waals surface area contributed by atoms with Gasteiger partial charge < -0.3 is 4.74 Å². The molecule has 2 aromatic rings. The smallest absolute Gasteiger partial charge is 0.273 e. The minimum Gasteiger partial charge on any atom is -0.485 e. The topological polar surface area (TPSA) is 69.4 Å². The quantitative estimate of drug-likeness (QED) is 0.604. The summed E-state index contributed by atoms with van der Waals surface area (Å²) in [7, 11) is 0. The number of carbonyl (C=O) groups excluding carboxylic acids is 1. The van der Waals surface area contributed by atoms with Gasteiger partial charge in [0.1, 0.15) is 12.4 Å². The van der Waals surface area contributed by atoms with Crippen molar-refractivity contribution in [3.8, 4) is 5.75 Å². The van der Waals surface area contributed by atoms with Crippen LogP contribution in [0.4, 0.5) is 5.69 Å². The fraction of sp³-hybridized carbons (Fsp3) is 0.188. The zero-order valence-corrected chi connectivity index (χ0v) is 11.6. The Hall–Kier alpha value is -2.69. The number of ether oxygens (including phenoxy) is 1. The Morgan fingerprint density at radius 3 is 2.57 bits per heavy atom. The number of benzene rings is 2. The second-order valence-electron chi connectivity index (χ2n) is 4.70. The lowest BCUT2D eigenvalue weighted by Gasteiger charge is -2.08. The number of non-ortho nitro benzene ring substituents is 1. The SMILES string of the molecule is Cc1ccc([N+](=O)[O-])cc1OCC(=O)Cc1ccccc1. The highest BCUT2D eigenvalue weighted by atomic mass is 16.6. The molecule has 0 aliphatic rings. The van der Waals surface area contributed by atoms with Gasteiger partial charge in [0.15, 0.2) is 5.78 Å². The second kappa shape index (κ2) is 6.65. The summed E-state index contributed by atoms with van der Waals surface area (Å²) in [5.41, 5.74) is 1.63. The van der Waals surface area contributed by atoms with Crippen LogP contribution in [0.5, 0.6) is 5.75 Å². The zero-order chi connectivity index (χ0) is 15.2. The maximum absolute atomic E-state index is 11.9. The molecule has 0 aliphatic carbocycles. The lowest BCUT2D eigenvalue weighted by molar-refractivity contribution is -0.384. The van der Waals surface area contributed by atoms with Gasteiger partial charge in [0.25, 0.3) is 5.69 Å². The van der Waals surface area contributed by atoms with Gasteiger partial charge in [-0.3, -0.25) is 14.9 Å². The van der Waals surface area contributed by atoms with E-state index in [-0.39, 0.29) is 24.5 Å². The molecule has 5 nitrogen and oxygen atoms in total. The van der Waals surface area contributed by atoms with Gasteiger partial charge >= 0.3 is 0 Å². The number of hydrogen-bond acceptors (Lipinski definition) is 4. The fourth-order valence-electron chi connectivity index (χ4n) is 1.89. The minimum atomic E-state index is -0.488. The molecule has 0 heterocycles. The molecule has 2 aromatic carbocycles. The normalized spacial score (nSPS) is 10.1. The summed E-state index contributed by atoms with van der Waals surface area (Å²) in [4.78, 5) is 22.1. The number of nitrogens with zero attached hydrogens (tertiary/aromatic N) is 1. The predicted molar refractivity (Wildman–Crippen MR) is 78.5 cm³/mol. The molecular formula is C16H15NO4. The highest BCUT2D eigenvalue weighted by molar-refractivity contribution is 5.82. The summed E-state index contributed by atoms with van der Waals surface area (Å²) in [5, 5.41) is 10.7. The third-order valence-corrected chi connectivity index (χ3v) is 3.02. The molecule has 0 aliphatic heterocycles. The fourth-order valence-corrected chi connectivity index (χ4v) is 1.89. The molecule has 21 heavy (non-hydrogen) atoms. The second-order valence-corrected chi connectivity index (χ2v) is 4.70. The van der Waals surface area contributed by atoms with Gasteiger partial charge in [-0.25, -0.2) is 0 Å². The van der Waals surface area contributed by atoms with E-state index in [1.54, 1.807) is 13.0 Å². The average Bonchev–Trinajstić information content (AvgIpc) is 2.47. The standard InChI is InChI=1S/C16H15NO4/c1-12-7-8-14(17(19)20)10-16(12)21-11-15(18)9-13-5-3-2-4-6-13/h2-8,10H,9,11H2,1H3. The van der Waals surface area contributed by atoms with Gasteiger partial charge in [-0.1, -0.05) is 30.3 Å². The highest BCUT2D eigenvalue weighted by Crippen LogP contribution is 2.24. The van der Waals surface area contributed by atoms with E-state index in [0.29, 0.717) is 5.75 Å². The molecule has 0 spiro atoms. The number of carbonyl (C=O) groups is 1. The number of ketones is 1. The van der Waals surface area contributed by atoms with Crippen molar-refractivity contribution in [2.45, 2.75) is 13.3 Å². The van der Waals surface area contributed by atoms with Gasteiger partial charge in [-0.05, 0) is 24.1 Å². The molecule has 0 atom stereocenters. The van der Waals surface area contributed by atoms with E-state index < -0.39 is 4.92 Å². The maximum Gasteiger partial charge on any atom is 0.273 e. The molecule has 108 valence electrons. The van der Waals surface area contributed by atoms with Crippen LogP contribution < -0.4 is 4.74 Å². The van der Waals surface area contributed by atoms with E-state index in [2.05, 4.69) is 0 Å². The van der Waals surface area contributed by atoms with Crippen molar-refractivity contribution >= 4 is 11.5 Å². The Balaban J connectivity index is 1.98. The third-order valence-electron chi connectivity index (χ3n) is 3.02. The first-order valence-electron chi connectivity index (χ1n) is 6.50. The molecule has 0 saturated carbocycles. The predicted octanol–water partition coefficient (Wildman–Crippen LogP) is 3.09. The van der Waals surface area contributed by atoms with E-state index in [1.807, 2.05) is 30.3 Å². The molecule has 0 saturated heterocycles. The zero-order valence-electron chi connectivity index (χ0n) is 11.6. The van der Waals surface area contributed by atoms with Crippen molar-refractivity contribution in [3.63, 3.8) is 0 Å². The number of rotatable bonds is 6. The first-order valence-corrected chi connectivity index (χ1v) is 6.50. The molecular weight excluding hydrogens is 270 g/mol. The highest BCUT2D eigenvalue weighted by Gasteiger charge is 2.11. The first-order chi connectivity index (χ1) is 10.1. The average molecular weight is 285 g/mol. The minimum absolute atomic E-state index is 0.0499. The van der Waals surface area contributed by atoms with Gasteiger partial charge in [-0.2, -0.15) is 0 Å². The van der Waals surface area contributed by atoms with Crippen LogP contribution in [0.3, 0.4) is 0 Å². The summed E-state index contributed by atoms with van der Waals surface area (Å²) in [5.74, 6) is 0.290. The Kier molecular flexibility index (Phi) is 4.66. The van der Waals surface area contributed by atoms with Gasteiger partial charge in [-0.15, -0.1) is 0 Å². The van der Waals surface area contributed by atoms with E-state index in [0.717, 1.165) is 11.1 Å². The van der Waals surface area contributed by atoms with Crippen molar-refractivity contribution < 1.29 is 14.5 Å². The lowest BCUT2D eigenvalue weighted by atomic mass is 10.1. The Labute approximate surface area is 122 Å². The van der Waals surface area contributed by atoms with Crippen LogP contribution in [0.15, 0.2) is 48.5 Å². The molecule has 0 N–H and O–H groups in total. The molecule has 2 rings (SSSR count). The molecule has 0 aromatic heterocycles. The van der Waals surface area contributed by atoms with Crippen molar-refractivity contribution in [1.29, 1.82) is 0 Å². The van der Waals surface area contributed by atoms with Crippen LogP contribution in [0, 0.1) is 17.0 Å². The monoisotopic (exact) mass is 285 g/mol. The number of nitro benzene ring substituents is 1. The number of nitro groups is 1. The Bertz CT molecular complexity index is 653. The van der Waals surface area contributed by atoms with Gasteiger partial charge in [0.2, 0.25) is 0 Å². The summed E-state index contributed by atoms with van der Waals surface area (Å²) in [6, 6.07) is 13.7. The summed E-state index contributed by atoms with van der Waals surface area (Å²) in [6.45, 7) is 1.68. The lowest BCUT2D eigenvalue weighted by Crippen LogP contribution is -2.14. The van der Waals surface area contributed by atoms with E-state index in [9.17, 15) is 14.9 Å². The maximum atomic E-state index is 11.9. The molecule has 5 heteroatoms. The summed E-state index contributed by atoms with van der Waals surface area (Å²) < 4.78 is 5.41. The largest absolute Gasteiger partial charge is 0.485 e. The van der Waals surface area contributed by atoms with E-state index in [1.165, 1.54) is 12.1 Å². The van der Waals surface area contributed by atoms with Crippen LogP contribution in [-0.2, 0) is 11.2 Å².